The molecular weight excluding hydrogens is 364 g/mol. The van der Waals surface area contributed by atoms with E-state index in [4.69, 9.17) is 0 Å². The van der Waals surface area contributed by atoms with Crippen LogP contribution in [0, 0.1) is 11.6 Å². The lowest BCUT2D eigenvalue weighted by Gasteiger charge is -2.17. The summed E-state index contributed by atoms with van der Waals surface area (Å²) in [5.41, 5.74) is 2.86. The zero-order chi connectivity index (χ0) is 19.4. The van der Waals surface area contributed by atoms with E-state index in [1.165, 1.54) is 17.0 Å². The number of aromatic nitrogens is 4. The van der Waals surface area contributed by atoms with Gasteiger partial charge in [-0.3, -0.25) is 13.9 Å². The minimum atomic E-state index is -0.685. The van der Waals surface area contributed by atoms with Crippen molar-refractivity contribution in [2.24, 2.45) is 7.05 Å². The van der Waals surface area contributed by atoms with E-state index in [-0.39, 0.29) is 18.0 Å². The first-order valence-corrected chi connectivity index (χ1v) is 8.72. The molecule has 5 rings (SSSR count). The van der Waals surface area contributed by atoms with Crippen molar-refractivity contribution in [3.63, 3.8) is 0 Å². The van der Waals surface area contributed by atoms with E-state index in [9.17, 15) is 13.6 Å². The molecule has 0 saturated heterocycles. The van der Waals surface area contributed by atoms with E-state index in [1.54, 1.807) is 40.9 Å². The maximum absolute atomic E-state index is 14.7. The Bertz CT molecular complexity index is 1220. The Morgan fingerprint density at radius 1 is 1.14 bits per heavy atom. The number of rotatable bonds is 3. The van der Waals surface area contributed by atoms with Crippen LogP contribution in [-0.2, 0) is 20.1 Å². The molecule has 1 aliphatic heterocycles. The summed E-state index contributed by atoms with van der Waals surface area (Å²) >= 11 is 0. The summed E-state index contributed by atoms with van der Waals surface area (Å²) in [7, 11) is 1.73. The number of aryl methyl sites for hydroxylation is 1. The van der Waals surface area contributed by atoms with Gasteiger partial charge < -0.3 is 4.90 Å². The molecule has 0 bridgehead atoms. The van der Waals surface area contributed by atoms with Crippen molar-refractivity contribution in [2.45, 2.75) is 13.1 Å². The first-order valence-electron chi connectivity index (χ1n) is 8.72. The number of benzene rings is 1. The molecule has 4 heterocycles. The predicted octanol–water partition coefficient (Wildman–Crippen LogP) is 3.17. The average Bonchev–Trinajstić information content (AvgIpc) is 3.37. The number of hydrogen-bond donors (Lipinski definition) is 0. The van der Waals surface area contributed by atoms with Gasteiger partial charge in [0.2, 0.25) is 0 Å². The van der Waals surface area contributed by atoms with Gasteiger partial charge in [0, 0.05) is 48.9 Å². The molecule has 4 aromatic rings. The lowest BCUT2D eigenvalue weighted by molar-refractivity contribution is 0.0758. The lowest BCUT2D eigenvalue weighted by Crippen LogP contribution is -2.25. The number of carbonyl (C=O) groups excluding carboxylic acids is 1. The van der Waals surface area contributed by atoms with Gasteiger partial charge in [0.25, 0.3) is 5.91 Å². The monoisotopic (exact) mass is 379 g/mol. The molecule has 0 fully saturated rings. The first kappa shape index (κ1) is 16.6. The molecule has 6 nitrogen and oxygen atoms in total. The number of imidazole rings is 1. The first-order chi connectivity index (χ1) is 13.5. The summed E-state index contributed by atoms with van der Waals surface area (Å²) in [5, 5.41) is 4.02. The number of halogens is 2. The highest BCUT2D eigenvalue weighted by atomic mass is 19.1. The van der Waals surface area contributed by atoms with Gasteiger partial charge in [-0.05, 0) is 23.8 Å². The minimum Gasteiger partial charge on any atom is -0.328 e. The number of amides is 1. The van der Waals surface area contributed by atoms with E-state index < -0.39 is 11.6 Å². The van der Waals surface area contributed by atoms with Gasteiger partial charge in [-0.1, -0.05) is 6.07 Å². The molecule has 1 amide bonds. The molecule has 0 N–H and O–H groups in total. The van der Waals surface area contributed by atoms with Crippen LogP contribution in [0.5, 0.6) is 0 Å². The molecule has 8 heteroatoms. The normalized spacial score (nSPS) is 13.5. The van der Waals surface area contributed by atoms with E-state index in [0.29, 0.717) is 29.0 Å². The molecule has 0 radical (unpaired) electrons. The van der Waals surface area contributed by atoms with Gasteiger partial charge >= 0.3 is 0 Å². The third-order valence-electron chi connectivity index (χ3n) is 5.03. The molecule has 3 aromatic heterocycles. The largest absolute Gasteiger partial charge is 0.328 e. The van der Waals surface area contributed by atoms with Crippen molar-refractivity contribution in [3.8, 4) is 11.1 Å². The van der Waals surface area contributed by atoms with Gasteiger partial charge in [-0.25, -0.2) is 13.8 Å². The maximum Gasteiger partial charge on any atom is 0.271 e. The number of fused-ring (bicyclic) bond motifs is 3. The predicted molar refractivity (Wildman–Crippen MR) is 97.3 cm³/mol. The number of carbonyl (C=O) groups is 1. The fraction of sp³-hybridized carbons (Fsp3) is 0.150. The van der Waals surface area contributed by atoms with Crippen LogP contribution in [0.1, 0.15) is 21.6 Å². The summed E-state index contributed by atoms with van der Waals surface area (Å²) in [5.74, 6) is -1.64. The molecule has 0 aliphatic carbocycles. The van der Waals surface area contributed by atoms with Crippen molar-refractivity contribution in [3.05, 3.63) is 77.5 Å². The summed E-state index contributed by atoms with van der Waals surface area (Å²) in [4.78, 5) is 18.5. The Morgan fingerprint density at radius 2 is 1.93 bits per heavy atom. The quantitative estimate of drug-likeness (QED) is 0.549. The molecule has 1 aliphatic rings. The lowest BCUT2D eigenvalue weighted by atomic mass is 10.1. The Hall–Kier alpha value is -3.55. The fourth-order valence-electron chi connectivity index (χ4n) is 3.64. The molecule has 28 heavy (non-hydrogen) atoms. The van der Waals surface area contributed by atoms with Crippen molar-refractivity contribution in [1.29, 1.82) is 0 Å². The topological polar surface area (TPSA) is 55.4 Å². The van der Waals surface area contributed by atoms with Gasteiger partial charge in [0.15, 0.2) is 0 Å². The third-order valence-corrected chi connectivity index (χ3v) is 5.03. The van der Waals surface area contributed by atoms with E-state index in [1.807, 2.05) is 12.1 Å². The summed E-state index contributed by atoms with van der Waals surface area (Å²) in [6.07, 6.45) is 6.55. The van der Waals surface area contributed by atoms with Crippen molar-refractivity contribution < 1.29 is 13.6 Å². The van der Waals surface area contributed by atoms with Crippen LogP contribution in [-0.4, -0.2) is 30.0 Å². The smallest absolute Gasteiger partial charge is 0.271 e. The zero-order valence-electron chi connectivity index (χ0n) is 14.9. The second-order valence-corrected chi connectivity index (χ2v) is 6.84. The van der Waals surface area contributed by atoms with Crippen LogP contribution in [0.15, 0.2) is 49.1 Å². The maximum atomic E-state index is 14.7. The van der Waals surface area contributed by atoms with Crippen LogP contribution in [0.4, 0.5) is 8.78 Å². The van der Waals surface area contributed by atoms with Crippen LogP contribution in [0.2, 0.25) is 0 Å². The molecule has 0 spiro atoms. The van der Waals surface area contributed by atoms with Crippen molar-refractivity contribution >= 4 is 11.6 Å². The summed E-state index contributed by atoms with van der Waals surface area (Å²) < 4.78 is 32.7. The number of nitrogens with zero attached hydrogens (tertiary/aromatic N) is 5. The Kier molecular flexibility index (Phi) is 3.55. The molecular formula is C20H15F2N5O. The SMILES string of the molecule is Cn1cc(-c2cc(F)c(CN3Cc4ccc5nccn5c4C3=O)c(F)c2)cn1. The van der Waals surface area contributed by atoms with Gasteiger partial charge in [0.05, 0.1) is 12.7 Å². The highest BCUT2D eigenvalue weighted by molar-refractivity contribution is 5.97. The molecule has 0 saturated carbocycles. The fourth-order valence-corrected chi connectivity index (χ4v) is 3.64. The Morgan fingerprint density at radius 3 is 2.64 bits per heavy atom. The average molecular weight is 379 g/mol. The Balaban J connectivity index is 1.47. The molecule has 0 unspecified atom stereocenters. The van der Waals surface area contributed by atoms with E-state index in [2.05, 4.69) is 10.1 Å². The summed E-state index contributed by atoms with van der Waals surface area (Å²) in [6, 6.07) is 6.20. The van der Waals surface area contributed by atoms with Gasteiger partial charge in [-0.15, -0.1) is 0 Å². The van der Waals surface area contributed by atoms with Crippen molar-refractivity contribution in [2.75, 3.05) is 0 Å². The highest BCUT2D eigenvalue weighted by Crippen LogP contribution is 2.29. The van der Waals surface area contributed by atoms with Crippen LogP contribution >= 0.6 is 0 Å². The summed E-state index contributed by atoms with van der Waals surface area (Å²) in [6.45, 7) is 0.153. The van der Waals surface area contributed by atoms with Gasteiger partial charge in [0.1, 0.15) is 23.0 Å². The molecule has 0 atom stereocenters. The van der Waals surface area contributed by atoms with Crippen LogP contribution in [0.3, 0.4) is 0 Å². The highest BCUT2D eigenvalue weighted by Gasteiger charge is 2.31. The standard InChI is InChI=1S/C20H15F2N5O/c1-25-9-14(8-24-25)13-6-16(21)15(17(22)7-13)11-26-10-12-2-3-18-23-4-5-27(18)19(12)20(26)28/h2-9H,10-11H2,1H3. The number of pyridine rings is 1. The molecule has 1 aromatic carbocycles. The third kappa shape index (κ3) is 2.49. The van der Waals surface area contributed by atoms with Gasteiger partial charge in [-0.2, -0.15) is 5.10 Å². The number of hydrogen-bond acceptors (Lipinski definition) is 3. The van der Waals surface area contributed by atoms with E-state index >= 15 is 0 Å². The van der Waals surface area contributed by atoms with Crippen LogP contribution < -0.4 is 0 Å². The zero-order valence-corrected chi connectivity index (χ0v) is 14.9. The second kappa shape index (κ2) is 5.98. The second-order valence-electron chi connectivity index (χ2n) is 6.84. The molecule has 140 valence electrons. The minimum absolute atomic E-state index is 0.129. The van der Waals surface area contributed by atoms with Crippen molar-refractivity contribution in [1.82, 2.24) is 24.1 Å². The van der Waals surface area contributed by atoms with E-state index in [0.717, 1.165) is 5.56 Å². The van der Waals surface area contributed by atoms with Crippen LogP contribution in [0.25, 0.3) is 16.8 Å². The Labute approximate surface area is 158 Å².